The molecule has 0 aliphatic heterocycles. The summed E-state index contributed by atoms with van der Waals surface area (Å²) in [4.78, 5) is 1.44. The van der Waals surface area contributed by atoms with E-state index in [1.54, 1.807) is 18.2 Å². The van der Waals surface area contributed by atoms with E-state index in [4.69, 9.17) is 5.26 Å². The molecule has 0 unspecified atom stereocenters. The SMILES string of the molecule is N#CC1=CCCc2cc(Sc3cccc(F)c3)cc(F)c21. The summed E-state index contributed by atoms with van der Waals surface area (Å²) in [6, 6.07) is 11.5. The second-order valence-electron chi connectivity index (χ2n) is 4.77. The van der Waals surface area contributed by atoms with Gasteiger partial charge in [-0.3, -0.25) is 0 Å². The number of nitrogens with zero attached hydrogens (tertiary/aromatic N) is 1. The third-order valence-corrected chi connectivity index (χ3v) is 4.29. The molecule has 0 saturated carbocycles. The topological polar surface area (TPSA) is 23.8 Å². The van der Waals surface area contributed by atoms with E-state index in [2.05, 4.69) is 0 Å². The predicted octanol–water partition coefficient (Wildman–Crippen LogP) is 4.97. The average molecular weight is 299 g/mol. The molecule has 0 atom stereocenters. The highest BCUT2D eigenvalue weighted by molar-refractivity contribution is 7.99. The zero-order valence-electron chi connectivity index (χ0n) is 11.1. The van der Waals surface area contributed by atoms with Gasteiger partial charge in [-0.05, 0) is 48.7 Å². The molecule has 0 saturated heterocycles. The molecule has 0 fully saturated rings. The van der Waals surface area contributed by atoms with Gasteiger partial charge < -0.3 is 0 Å². The van der Waals surface area contributed by atoms with Gasteiger partial charge in [0.2, 0.25) is 0 Å². The first kappa shape index (κ1) is 13.8. The lowest BCUT2D eigenvalue weighted by atomic mass is 9.91. The first-order chi connectivity index (χ1) is 10.2. The molecule has 4 heteroatoms. The molecule has 2 aromatic rings. The van der Waals surface area contributed by atoms with Gasteiger partial charge >= 0.3 is 0 Å². The van der Waals surface area contributed by atoms with Crippen LogP contribution in [0.3, 0.4) is 0 Å². The summed E-state index contributed by atoms with van der Waals surface area (Å²) >= 11 is 1.32. The average Bonchev–Trinajstić information content (AvgIpc) is 2.46. The summed E-state index contributed by atoms with van der Waals surface area (Å²) in [5.41, 5.74) is 1.65. The molecular weight excluding hydrogens is 288 g/mol. The maximum atomic E-state index is 14.3. The van der Waals surface area contributed by atoms with Crippen LogP contribution in [0.2, 0.25) is 0 Å². The van der Waals surface area contributed by atoms with Crippen LogP contribution in [0, 0.1) is 23.0 Å². The molecular formula is C17H11F2NS. The number of rotatable bonds is 2. The maximum Gasteiger partial charge on any atom is 0.133 e. The van der Waals surface area contributed by atoms with Crippen molar-refractivity contribution in [1.82, 2.24) is 0 Å². The number of benzene rings is 2. The highest BCUT2D eigenvalue weighted by atomic mass is 32.2. The molecule has 2 aromatic carbocycles. The Hall–Kier alpha value is -2.12. The minimum atomic E-state index is -0.390. The summed E-state index contributed by atoms with van der Waals surface area (Å²) in [7, 11) is 0. The normalized spacial score (nSPS) is 13.3. The van der Waals surface area contributed by atoms with Crippen molar-refractivity contribution in [3.05, 3.63) is 65.2 Å². The van der Waals surface area contributed by atoms with Gasteiger partial charge in [0.1, 0.15) is 11.6 Å². The van der Waals surface area contributed by atoms with Gasteiger partial charge in [0.05, 0.1) is 11.6 Å². The molecule has 1 nitrogen and oxygen atoms in total. The molecule has 0 radical (unpaired) electrons. The summed E-state index contributed by atoms with van der Waals surface area (Å²) in [6.45, 7) is 0. The van der Waals surface area contributed by atoms with Crippen LogP contribution < -0.4 is 0 Å². The molecule has 0 bridgehead atoms. The number of aryl methyl sites for hydroxylation is 1. The van der Waals surface area contributed by atoms with Crippen LogP contribution in [0.5, 0.6) is 0 Å². The van der Waals surface area contributed by atoms with Gasteiger partial charge in [0.15, 0.2) is 0 Å². The number of nitriles is 1. The molecule has 1 aliphatic carbocycles. The van der Waals surface area contributed by atoms with Crippen molar-refractivity contribution >= 4 is 17.3 Å². The Morgan fingerprint density at radius 1 is 1.10 bits per heavy atom. The second kappa shape index (κ2) is 5.71. The van der Waals surface area contributed by atoms with Gasteiger partial charge in [-0.25, -0.2) is 8.78 Å². The van der Waals surface area contributed by atoms with Crippen LogP contribution in [-0.2, 0) is 6.42 Å². The molecule has 0 heterocycles. The van der Waals surface area contributed by atoms with Gasteiger partial charge in [0, 0.05) is 15.4 Å². The van der Waals surface area contributed by atoms with Crippen molar-refractivity contribution in [3.8, 4) is 6.07 Å². The second-order valence-corrected chi connectivity index (χ2v) is 5.91. The minimum absolute atomic E-state index is 0.312. The Morgan fingerprint density at radius 2 is 1.95 bits per heavy atom. The largest absolute Gasteiger partial charge is 0.207 e. The Balaban J connectivity index is 1.98. The van der Waals surface area contributed by atoms with E-state index in [1.165, 1.54) is 30.0 Å². The summed E-state index contributed by atoms with van der Waals surface area (Å²) < 4.78 is 27.5. The van der Waals surface area contributed by atoms with Gasteiger partial charge in [0.25, 0.3) is 0 Å². The third kappa shape index (κ3) is 2.84. The summed E-state index contributed by atoms with van der Waals surface area (Å²) in [5.74, 6) is -0.702. The molecule has 0 amide bonds. The molecule has 0 spiro atoms. The highest BCUT2D eigenvalue weighted by Gasteiger charge is 2.18. The van der Waals surface area contributed by atoms with Crippen molar-refractivity contribution in [1.29, 1.82) is 5.26 Å². The van der Waals surface area contributed by atoms with Crippen LogP contribution in [0.25, 0.3) is 5.57 Å². The lowest BCUT2D eigenvalue weighted by molar-refractivity contribution is 0.616. The van der Waals surface area contributed by atoms with E-state index < -0.39 is 0 Å². The zero-order chi connectivity index (χ0) is 14.8. The Labute approximate surface area is 125 Å². The van der Waals surface area contributed by atoms with Gasteiger partial charge in [-0.15, -0.1) is 0 Å². The molecule has 1 aliphatic rings. The minimum Gasteiger partial charge on any atom is -0.207 e. The molecule has 21 heavy (non-hydrogen) atoms. The van der Waals surface area contributed by atoms with E-state index in [0.29, 0.717) is 11.1 Å². The van der Waals surface area contributed by atoms with Crippen LogP contribution in [0.15, 0.2) is 52.3 Å². The monoisotopic (exact) mass is 299 g/mol. The van der Waals surface area contributed by atoms with E-state index >= 15 is 0 Å². The molecule has 104 valence electrons. The van der Waals surface area contributed by atoms with Crippen molar-refractivity contribution in [2.75, 3.05) is 0 Å². The Bertz CT molecular complexity index is 775. The number of allylic oxidation sites excluding steroid dienone is 2. The summed E-state index contributed by atoms with van der Waals surface area (Å²) in [6.07, 6.45) is 3.23. The maximum absolute atomic E-state index is 14.3. The fourth-order valence-electron chi connectivity index (χ4n) is 2.44. The highest BCUT2D eigenvalue weighted by Crippen LogP contribution is 2.35. The number of fused-ring (bicyclic) bond motifs is 1. The standard InChI is InChI=1S/C17H11F2NS/c18-13-5-2-6-14(8-13)21-15-7-11-3-1-4-12(10-20)17(11)16(19)9-15/h2,4-9H,1,3H2. The van der Waals surface area contributed by atoms with Gasteiger partial charge in [-0.1, -0.05) is 23.9 Å². The van der Waals surface area contributed by atoms with Crippen LogP contribution in [-0.4, -0.2) is 0 Å². The quantitative estimate of drug-likeness (QED) is 0.781. The molecule has 0 aromatic heterocycles. The first-order valence-corrected chi connectivity index (χ1v) is 7.35. The molecule has 3 rings (SSSR count). The van der Waals surface area contributed by atoms with Gasteiger partial charge in [-0.2, -0.15) is 5.26 Å². The van der Waals surface area contributed by atoms with Crippen molar-refractivity contribution < 1.29 is 8.78 Å². The fourth-order valence-corrected chi connectivity index (χ4v) is 3.39. The first-order valence-electron chi connectivity index (χ1n) is 6.54. The van der Waals surface area contributed by atoms with Crippen molar-refractivity contribution in [2.24, 2.45) is 0 Å². The molecule has 0 N–H and O–H groups in total. The smallest absolute Gasteiger partial charge is 0.133 e. The fraction of sp³-hybridized carbons (Fsp3) is 0.118. The predicted molar refractivity (Wildman–Crippen MR) is 78.8 cm³/mol. The lowest BCUT2D eigenvalue weighted by Crippen LogP contribution is -2.02. The number of hydrogen-bond donors (Lipinski definition) is 0. The van der Waals surface area contributed by atoms with E-state index in [9.17, 15) is 8.78 Å². The van der Waals surface area contributed by atoms with Crippen LogP contribution in [0.4, 0.5) is 8.78 Å². The Morgan fingerprint density at radius 3 is 2.71 bits per heavy atom. The van der Waals surface area contributed by atoms with E-state index in [1.807, 2.05) is 12.1 Å². The lowest BCUT2D eigenvalue weighted by Gasteiger charge is -2.15. The zero-order valence-corrected chi connectivity index (χ0v) is 11.9. The number of halogens is 2. The van der Waals surface area contributed by atoms with E-state index in [-0.39, 0.29) is 11.6 Å². The Kier molecular flexibility index (Phi) is 3.76. The summed E-state index contributed by atoms with van der Waals surface area (Å²) in [5, 5.41) is 9.07. The van der Waals surface area contributed by atoms with Crippen LogP contribution in [0.1, 0.15) is 17.5 Å². The third-order valence-electron chi connectivity index (χ3n) is 3.33. The van der Waals surface area contributed by atoms with Crippen LogP contribution >= 0.6 is 11.8 Å². The van der Waals surface area contributed by atoms with Crippen molar-refractivity contribution in [3.63, 3.8) is 0 Å². The van der Waals surface area contributed by atoms with E-state index in [0.717, 1.165) is 28.2 Å². The number of hydrogen-bond acceptors (Lipinski definition) is 2. The van der Waals surface area contributed by atoms with Crippen molar-refractivity contribution in [2.45, 2.75) is 22.6 Å².